The van der Waals surface area contributed by atoms with Crippen molar-refractivity contribution in [3.8, 4) is 11.3 Å². The Labute approximate surface area is 170 Å². The van der Waals surface area contributed by atoms with Crippen LogP contribution in [0.5, 0.6) is 0 Å². The van der Waals surface area contributed by atoms with Crippen LogP contribution >= 0.6 is 46.6 Å². The number of anilines is 1. The highest BCUT2D eigenvalue weighted by molar-refractivity contribution is 7.99. The Kier molecular flexibility index (Phi) is 6.14. The van der Waals surface area contributed by atoms with Crippen LogP contribution in [0, 0.1) is 0 Å². The van der Waals surface area contributed by atoms with E-state index in [4.69, 9.17) is 34.8 Å². The topological polar surface area (TPSA) is 46.9 Å². The number of imidazole rings is 1. The summed E-state index contributed by atoms with van der Waals surface area (Å²) in [5.41, 5.74) is 2.44. The quantitative estimate of drug-likeness (QED) is 0.526. The summed E-state index contributed by atoms with van der Waals surface area (Å²) in [7, 11) is 1.91. The van der Waals surface area contributed by atoms with Crippen LogP contribution in [0.3, 0.4) is 0 Å². The van der Waals surface area contributed by atoms with E-state index in [0.717, 1.165) is 16.4 Å². The molecule has 0 aliphatic heterocycles. The van der Waals surface area contributed by atoms with Crippen LogP contribution < -0.4 is 5.32 Å². The van der Waals surface area contributed by atoms with Crippen molar-refractivity contribution in [3.05, 3.63) is 63.7 Å². The van der Waals surface area contributed by atoms with E-state index in [1.54, 1.807) is 24.4 Å². The van der Waals surface area contributed by atoms with Crippen molar-refractivity contribution in [2.75, 3.05) is 11.1 Å². The number of hydrogen-bond acceptors (Lipinski definition) is 3. The van der Waals surface area contributed by atoms with Crippen molar-refractivity contribution in [1.82, 2.24) is 9.55 Å². The molecule has 3 rings (SSSR count). The number of nitrogens with one attached hydrogen (secondary N) is 1. The zero-order valence-corrected chi connectivity index (χ0v) is 16.8. The Hall–Kier alpha value is -1.66. The molecule has 0 fully saturated rings. The number of carbonyl (C=O) groups is 1. The second kappa shape index (κ2) is 8.35. The van der Waals surface area contributed by atoms with E-state index in [1.807, 2.05) is 35.9 Å². The lowest BCUT2D eigenvalue weighted by atomic mass is 10.2. The summed E-state index contributed by atoms with van der Waals surface area (Å²) < 4.78 is 1.94. The molecular weight excluding hydrogens is 413 g/mol. The fourth-order valence-corrected chi connectivity index (χ4v) is 3.54. The monoisotopic (exact) mass is 425 g/mol. The van der Waals surface area contributed by atoms with Gasteiger partial charge >= 0.3 is 0 Å². The molecule has 0 saturated carbocycles. The van der Waals surface area contributed by atoms with Crippen LogP contribution in [0.4, 0.5) is 5.69 Å². The Morgan fingerprint density at radius 3 is 2.54 bits per heavy atom. The second-order valence-corrected chi connectivity index (χ2v) is 7.68. The van der Waals surface area contributed by atoms with Gasteiger partial charge in [0.15, 0.2) is 5.16 Å². The Balaban J connectivity index is 1.65. The lowest BCUT2D eigenvalue weighted by Gasteiger charge is -2.08. The minimum absolute atomic E-state index is 0.185. The van der Waals surface area contributed by atoms with E-state index in [0.29, 0.717) is 20.8 Å². The molecule has 2 aromatic carbocycles. The summed E-state index contributed by atoms with van der Waals surface area (Å²) >= 11 is 19.3. The molecule has 134 valence electrons. The molecular formula is C18H14Cl3N3OS. The van der Waals surface area contributed by atoms with E-state index in [9.17, 15) is 4.79 Å². The number of halogens is 3. The minimum Gasteiger partial charge on any atom is -0.324 e. The van der Waals surface area contributed by atoms with Crippen LogP contribution in [0.25, 0.3) is 11.3 Å². The van der Waals surface area contributed by atoms with Crippen molar-refractivity contribution < 1.29 is 4.79 Å². The highest BCUT2D eigenvalue weighted by Gasteiger charge is 2.12. The summed E-state index contributed by atoms with van der Waals surface area (Å²) in [5, 5.41) is 5.13. The molecule has 0 radical (unpaired) electrons. The van der Waals surface area contributed by atoms with Gasteiger partial charge in [-0.05, 0) is 35.9 Å². The van der Waals surface area contributed by atoms with Crippen molar-refractivity contribution in [3.63, 3.8) is 0 Å². The third-order valence-corrected chi connectivity index (χ3v) is 5.48. The molecule has 3 aromatic rings. The van der Waals surface area contributed by atoms with E-state index in [1.165, 1.54) is 11.8 Å². The van der Waals surface area contributed by atoms with Crippen LogP contribution in [-0.4, -0.2) is 21.2 Å². The number of rotatable bonds is 5. The van der Waals surface area contributed by atoms with Gasteiger partial charge in [0.05, 0.1) is 28.4 Å². The van der Waals surface area contributed by atoms with Crippen molar-refractivity contribution in [1.29, 1.82) is 0 Å². The molecule has 0 saturated heterocycles. The van der Waals surface area contributed by atoms with Gasteiger partial charge in [0.2, 0.25) is 5.91 Å². The summed E-state index contributed by atoms with van der Waals surface area (Å²) in [6.45, 7) is 0. The molecule has 8 heteroatoms. The Morgan fingerprint density at radius 1 is 1.12 bits per heavy atom. The zero-order chi connectivity index (χ0) is 18.7. The predicted molar refractivity (Wildman–Crippen MR) is 109 cm³/mol. The number of thioether (sulfide) groups is 1. The van der Waals surface area contributed by atoms with Crippen LogP contribution in [-0.2, 0) is 11.8 Å². The highest BCUT2D eigenvalue weighted by atomic mass is 35.5. The van der Waals surface area contributed by atoms with Gasteiger partial charge in [-0.15, -0.1) is 0 Å². The van der Waals surface area contributed by atoms with Gasteiger partial charge in [-0.2, -0.15) is 0 Å². The second-order valence-electron chi connectivity index (χ2n) is 5.45. The van der Waals surface area contributed by atoms with Gasteiger partial charge in [0, 0.05) is 17.1 Å². The highest BCUT2D eigenvalue weighted by Crippen LogP contribution is 2.28. The average molecular weight is 427 g/mol. The van der Waals surface area contributed by atoms with Gasteiger partial charge in [-0.3, -0.25) is 4.79 Å². The molecule has 0 aliphatic carbocycles. The SMILES string of the molecule is Cn1c(-c2ccc(Cl)cc2)cnc1SCC(=O)Nc1cc(Cl)ccc1Cl. The molecule has 0 bridgehead atoms. The number of hydrogen-bond donors (Lipinski definition) is 1. The molecule has 4 nitrogen and oxygen atoms in total. The van der Waals surface area contributed by atoms with Crippen LogP contribution in [0.2, 0.25) is 15.1 Å². The van der Waals surface area contributed by atoms with Gasteiger partial charge in [0.1, 0.15) is 0 Å². The predicted octanol–water partition coefficient (Wildman–Crippen LogP) is 5.78. The van der Waals surface area contributed by atoms with Crippen molar-refractivity contribution in [2.24, 2.45) is 7.05 Å². The van der Waals surface area contributed by atoms with Crippen molar-refractivity contribution in [2.45, 2.75) is 5.16 Å². The standard InChI is InChI=1S/C18H14Cl3N3OS/c1-24-16(11-2-4-12(19)5-3-11)9-22-18(24)26-10-17(25)23-15-8-13(20)6-7-14(15)21/h2-9H,10H2,1H3,(H,23,25). The molecule has 0 spiro atoms. The van der Waals surface area contributed by atoms with E-state index in [-0.39, 0.29) is 11.7 Å². The van der Waals surface area contributed by atoms with E-state index < -0.39 is 0 Å². The van der Waals surface area contributed by atoms with E-state index in [2.05, 4.69) is 10.3 Å². The van der Waals surface area contributed by atoms with Crippen molar-refractivity contribution >= 4 is 58.2 Å². The summed E-state index contributed by atoms with van der Waals surface area (Å²) in [5.74, 6) is 0.0171. The molecule has 1 aromatic heterocycles. The van der Waals surface area contributed by atoms with Crippen LogP contribution in [0.1, 0.15) is 0 Å². The van der Waals surface area contributed by atoms with Gasteiger partial charge in [-0.25, -0.2) is 4.98 Å². The molecule has 26 heavy (non-hydrogen) atoms. The molecule has 0 aliphatic rings. The first-order chi connectivity index (χ1) is 12.4. The normalized spacial score (nSPS) is 10.8. The maximum Gasteiger partial charge on any atom is 0.234 e. The first kappa shape index (κ1) is 19.1. The fourth-order valence-electron chi connectivity index (χ4n) is 2.33. The van der Waals surface area contributed by atoms with E-state index >= 15 is 0 Å². The zero-order valence-electron chi connectivity index (χ0n) is 13.7. The number of amides is 1. The largest absolute Gasteiger partial charge is 0.324 e. The molecule has 0 atom stereocenters. The molecule has 1 amide bonds. The maximum atomic E-state index is 12.2. The van der Waals surface area contributed by atoms with Gasteiger partial charge in [0.25, 0.3) is 0 Å². The number of nitrogens with zero attached hydrogens (tertiary/aromatic N) is 2. The third-order valence-electron chi connectivity index (χ3n) is 3.62. The maximum absolute atomic E-state index is 12.2. The lowest BCUT2D eigenvalue weighted by Crippen LogP contribution is -2.14. The first-order valence-electron chi connectivity index (χ1n) is 7.59. The number of aromatic nitrogens is 2. The Morgan fingerprint density at radius 2 is 1.81 bits per heavy atom. The number of benzene rings is 2. The summed E-state index contributed by atoms with van der Waals surface area (Å²) in [6, 6.07) is 12.5. The average Bonchev–Trinajstić information content (AvgIpc) is 2.98. The van der Waals surface area contributed by atoms with Gasteiger partial charge < -0.3 is 9.88 Å². The number of carbonyl (C=O) groups excluding carboxylic acids is 1. The first-order valence-corrected chi connectivity index (χ1v) is 9.71. The smallest absolute Gasteiger partial charge is 0.234 e. The van der Waals surface area contributed by atoms with Crippen LogP contribution in [0.15, 0.2) is 53.8 Å². The lowest BCUT2D eigenvalue weighted by molar-refractivity contribution is -0.113. The Bertz CT molecular complexity index is 941. The molecule has 1 N–H and O–H groups in total. The summed E-state index contributed by atoms with van der Waals surface area (Å²) in [6.07, 6.45) is 1.78. The minimum atomic E-state index is -0.185. The fraction of sp³-hybridized carbons (Fsp3) is 0.111. The van der Waals surface area contributed by atoms with Gasteiger partial charge in [-0.1, -0.05) is 58.7 Å². The molecule has 0 unspecified atom stereocenters. The molecule has 1 heterocycles. The summed E-state index contributed by atoms with van der Waals surface area (Å²) in [4.78, 5) is 16.6. The third kappa shape index (κ3) is 4.54.